The quantitative estimate of drug-likeness (QED) is 0.764. The van der Waals surface area contributed by atoms with E-state index >= 15 is 0 Å². The van der Waals surface area contributed by atoms with Crippen molar-refractivity contribution in [1.82, 2.24) is 0 Å². The lowest BCUT2D eigenvalue weighted by Gasteiger charge is -2.40. The molecule has 6 nitrogen and oxygen atoms in total. The summed E-state index contributed by atoms with van der Waals surface area (Å²) in [6.07, 6.45) is 0. The predicted molar refractivity (Wildman–Crippen MR) is 94.0 cm³/mol. The molecule has 2 rings (SSSR count). The summed E-state index contributed by atoms with van der Waals surface area (Å²) >= 11 is 0. The highest BCUT2D eigenvalue weighted by Gasteiger charge is 2.62. The van der Waals surface area contributed by atoms with E-state index in [1.165, 1.54) is 14.0 Å². The zero-order valence-corrected chi connectivity index (χ0v) is 15.0. The number of carbonyl (C=O) groups excluding carboxylic acids is 2. The molecule has 1 N–H and O–H groups in total. The van der Waals surface area contributed by atoms with Gasteiger partial charge < -0.3 is 19.3 Å². The van der Waals surface area contributed by atoms with Crippen molar-refractivity contribution < 1.29 is 28.9 Å². The number of hydrogen-bond donors (Lipinski definition) is 1. The van der Waals surface area contributed by atoms with Crippen LogP contribution in [0.25, 0.3) is 0 Å². The molecule has 0 saturated heterocycles. The van der Waals surface area contributed by atoms with E-state index in [1.54, 1.807) is 42.5 Å². The fraction of sp³-hybridized carbons (Fsp3) is 0.300. The third-order valence-electron chi connectivity index (χ3n) is 4.22. The molecule has 0 heterocycles. The van der Waals surface area contributed by atoms with Gasteiger partial charge in [0.1, 0.15) is 0 Å². The van der Waals surface area contributed by atoms with Gasteiger partial charge in [0.15, 0.2) is 0 Å². The van der Waals surface area contributed by atoms with Crippen LogP contribution in [0.4, 0.5) is 0 Å². The molecule has 0 aliphatic carbocycles. The minimum absolute atomic E-state index is 0.0298. The Morgan fingerprint density at radius 2 is 1.38 bits per heavy atom. The molecule has 2 aromatic rings. The van der Waals surface area contributed by atoms with Crippen LogP contribution in [-0.2, 0) is 36.0 Å². The second-order valence-electron chi connectivity index (χ2n) is 5.88. The fourth-order valence-corrected chi connectivity index (χ4v) is 2.81. The maximum atomic E-state index is 12.8. The van der Waals surface area contributed by atoms with Crippen molar-refractivity contribution in [1.29, 1.82) is 0 Å². The lowest BCUT2D eigenvalue weighted by Crippen LogP contribution is -2.61. The summed E-state index contributed by atoms with van der Waals surface area (Å²) in [4.78, 5) is 25.1. The molecule has 0 spiro atoms. The standard InChI is InChI=1S/C20H22O6/c1-19(23,17(21)24-2)20(18(22)25-3,16-12-8-5-9-13-16)26-14-15-10-6-4-7-11-15/h4-13,23H,14H2,1-3H3/t19-,20-/m1/s1. The predicted octanol–water partition coefficient (Wildman–Crippen LogP) is 2.20. The minimum atomic E-state index is -2.33. The zero-order chi connectivity index (χ0) is 19.2. The molecule has 0 radical (unpaired) electrons. The minimum Gasteiger partial charge on any atom is -0.467 e. The molecule has 0 fully saturated rings. The average Bonchev–Trinajstić information content (AvgIpc) is 2.68. The van der Waals surface area contributed by atoms with E-state index in [0.29, 0.717) is 0 Å². The Morgan fingerprint density at radius 3 is 1.88 bits per heavy atom. The van der Waals surface area contributed by atoms with Crippen LogP contribution < -0.4 is 0 Å². The van der Waals surface area contributed by atoms with Crippen LogP contribution in [0.3, 0.4) is 0 Å². The third-order valence-corrected chi connectivity index (χ3v) is 4.22. The molecule has 0 aliphatic rings. The first-order valence-corrected chi connectivity index (χ1v) is 8.02. The van der Waals surface area contributed by atoms with E-state index in [9.17, 15) is 14.7 Å². The van der Waals surface area contributed by atoms with Crippen LogP contribution in [0, 0.1) is 0 Å². The van der Waals surface area contributed by atoms with Crippen molar-refractivity contribution >= 4 is 11.9 Å². The zero-order valence-electron chi connectivity index (χ0n) is 15.0. The second kappa shape index (κ2) is 8.12. The monoisotopic (exact) mass is 358 g/mol. The Hall–Kier alpha value is -2.70. The van der Waals surface area contributed by atoms with E-state index in [0.717, 1.165) is 12.7 Å². The molecule has 26 heavy (non-hydrogen) atoms. The van der Waals surface area contributed by atoms with Crippen molar-refractivity contribution in [2.24, 2.45) is 0 Å². The van der Waals surface area contributed by atoms with Crippen LogP contribution in [0.1, 0.15) is 18.1 Å². The van der Waals surface area contributed by atoms with Gasteiger partial charge in [-0.15, -0.1) is 0 Å². The molecule has 0 aromatic heterocycles. The van der Waals surface area contributed by atoms with Gasteiger partial charge in [0.2, 0.25) is 11.2 Å². The number of aliphatic hydroxyl groups is 1. The van der Waals surface area contributed by atoms with E-state index < -0.39 is 23.1 Å². The Labute approximate surface area is 152 Å². The maximum absolute atomic E-state index is 12.8. The third kappa shape index (κ3) is 3.47. The number of rotatable bonds is 7. The number of benzene rings is 2. The molecule has 2 aromatic carbocycles. The van der Waals surface area contributed by atoms with Crippen molar-refractivity contribution in [2.45, 2.75) is 24.7 Å². The van der Waals surface area contributed by atoms with Gasteiger partial charge in [-0.2, -0.15) is 0 Å². The summed E-state index contributed by atoms with van der Waals surface area (Å²) in [6, 6.07) is 17.4. The van der Waals surface area contributed by atoms with E-state index in [4.69, 9.17) is 14.2 Å². The Kier molecular flexibility index (Phi) is 6.13. The molecule has 0 unspecified atom stereocenters. The first kappa shape index (κ1) is 19.6. The van der Waals surface area contributed by atoms with Crippen molar-refractivity contribution in [2.75, 3.05) is 14.2 Å². The average molecular weight is 358 g/mol. The topological polar surface area (TPSA) is 82.1 Å². The summed E-state index contributed by atoms with van der Waals surface area (Å²) in [5.74, 6) is -1.92. The van der Waals surface area contributed by atoms with E-state index in [1.807, 2.05) is 18.2 Å². The van der Waals surface area contributed by atoms with Gasteiger partial charge in [0, 0.05) is 0 Å². The largest absolute Gasteiger partial charge is 0.467 e. The van der Waals surface area contributed by atoms with Gasteiger partial charge in [-0.05, 0) is 18.1 Å². The molecule has 2 atom stereocenters. The van der Waals surface area contributed by atoms with E-state index in [2.05, 4.69) is 0 Å². The van der Waals surface area contributed by atoms with Crippen LogP contribution in [0.2, 0.25) is 0 Å². The molecule has 0 amide bonds. The van der Waals surface area contributed by atoms with Gasteiger partial charge in [-0.3, -0.25) is 0 Å². The number of methoxy groups -OCH3 is 2. The van der Waals surface area contributed by atoms with Gasteiger partial charge in [0.05, 0.1) is 20.8 Å². The molecular weight excluding hydrogens is 336 g/mol. The van der Waals surface area contributed by atoms with Gasteiger partial charge in [-0.25, -0.2) is 9.59 Å². The molecule has 138 valence electrons. The molecule has 0 saturated carbocycles. The van der Waals surface area contributed by atoms with Gasteiger partial charge >= 0.3 is 11.9 Å². The molecular formula is C20H22O6. The summed E-state index contributed by atoms with van der Waals surface area (Å²) in [6.45, 7) is 1.14. The molecule has 0 aliphatic heterocycles. The fourth-order valence-electron chi connectivity index (χ4n) is 2.81. The number of carbonyl (C=O) groups is 2. The second-order valence-corrected chi connectivity index (χ2v) is 5.88. The highest BCUT2D eigenvalue weighted by atomic mass is 16.6. The highest BCUT2D eigenvalue weighted by Crippen LogP contribution is 2.40. The Balaban J connectivity index is 2.60. The first-order valence-electron chi connectivity index (χ1n) is 8.02. The number of hydrogen-bond acceptors (Lipinski definition) is 6. The molecule has 0 bridgehead atoms. The molecule has 6 heteroatoms. The Morgan fingerprint density at radius 1 is 0.885 bits per heavy atom. The normalized spacial score (nSPS) is 15.4. The Bertz CT molecular complexity index is 741. The number of esters is 2. The van der Waals surface area contributed by atoms with Crippen LogP contribution in [0.15, 0.2) is 60.7 Å². The van der Waals surface area contributed by atoms with Crippen molar-refractivity contribution in [3.8, 4) is 0 Å². The summed E-state index contributed by atoms with van der Waals surface area (Å²) < 4.78 is 15.5. The van der Waals surface area contributed by atoms with Gasteiger partial charge in [-0.1, -0.05) is 60.7 Å². The maximum Gasteiger partial charge on any atom is 0.346 e. The van der Waals surface area contributed by atoms with Crippen LogP contribution >= 0.6 is 0 Å². The lowest BCUT2D eigenvalue weighted by molar-refractivity contribution is -0.225. The summed E-state index contributed by atoms with van der Waals surface area (Å²) in [5.41, 5.74) is -3.40. The summed E-state index contributed by atoms with van der Waals surface area (Å²) in [5, 5.41) is 11.0. The van der Waals surface area contributed by atoms with Gasteiger partial charge in [0.25, 0.3) is 0 Å². The first-order chi connectivity index (χ1) is 12.4. The van der Waals surface area contributed by atoms with Crippen LogP contribution in [0.5, 0.6) is 0 Å². The smallest absolute Gasteiger partial charge is 0.346 e. The summed E-state index contributed by atoms with van der Waals surface area (Å²) in [7, 11) is 2.29. The van der Waals surface area contributed by atoms with Crippen molar-refractivity contribution in [3.63, 3.8) is 0 Å². The highest BCUT2D eigenvalue weighted by molar-refractivity contribution is 5.93. The SMILES string of the molecule is COC(=O)[C@@](C)(O)[C@](OCc1ccccc1)(C(=O)OC)c1ccccc1. The van der Waals surface area contributed by atoms with E-state index in [-0.39, 0.29) is 12.2 Å². The lowest BCUT2D eigenvalue weighted by atomic mass is 9.78. The van der Waals surface area contributed by atoms with Crippen LogP contribution in [-0.4, -0.2) is 36.9 Å². The van der Waals surface area contributed by atoms with Crippen molar-refractivity contribution in [3.05, 3.63) is 71.8 Å². The number of ether oxygens (including phenoxy) is 3.